The van der Waals surface area contributed by atoms with Crippen LogP contribution >= 0.6 is 0 Å². The molecule has 132 valence electrons. The van der Waals surface area contributed by atoms with Gasteiger partial charge in [-0.3, -0.25) is 0 Å². The van der Waals surface area contributed by atoms with E-state index in [0.717, 1.165) is 45.1 Å². The van der Waals surface area contributed by atoms with Crippen LogP contribution in [0.2, 0.25) is 0 Å². The summed E-state index contributed by atoms with van der Waals surface area (Å²) in [5.41, 5.74) is 0. The van der Waals surface area contributed by atoms with Gasteiger partial charge in [0, 0.05) is 52.4 Å². The van der Waals surface area contributed by atoms with E-state index in [1.807, 2.05) is 6.92 Å². The maximum atomic E-state index is 11.8. The van der Waals surface area contributed by atoms with E-state index >= 15 is 0 Å². The van der Waals surface area contributed by atoms with Gasteiger partial charge in [-0.25, -0.2) is 4.79 Å². The highest BCUT2D eigenvalue weighted by Gasteiger charge is 2.24. The van der Waals surface area contributed by atoms with Crippen molar-refractivity contribution in [3.8, 4) is 0 Å². The van der Waals surface area contributed by atoms with Crippen LogP contribution in [0, 0.1) is 0 Å². The van der Waals surface area contributed by atoms with Gasteiger partial charge in [-0.1, -0.05) is 0 Å². The molecule has 0 saturated carbocycles. The molecule has 3 heterocycles. The zero-order chi connectivity index (χ0) is 16.9. The Bertz CT molecular complexity index is 555. The van der Waals surface area contributed by atoms with Crippen LogP contribution in [0.5, 0.6) is 0 Å². The van der Waals surface area contributed by atoms with Gasteiger partial charge in [0.05, 0.1) is 12.8 Å². The molecule has 0 bridgehead atoms. The van der Waals surface area contributed by atoms with Crippen LogP contribution in [-0.4, -0.2) is 97.1 Å². The number of amides is 1. The van der Waals surface area contributed by atoms with Crippen molar-refractivity contribution in [3.05, 3.63) is 6.20 Å². The van der Waals surface area contributed by atoms with E-state index < -0.39 is 0 Å². The van der Waals surface area contributed by atoms with E-state index in [0.29, 0.717) is 25.6 Å². The summed E-state index contributed by atoms with van der Waals surface area (Å²) in [6.45, 7) is 8.77. The molecule has 1 aromatic rings. The number of anilines is 2. The summed E-state index contributed by atoms with van der Waals surface area (Å²) in [4.78, 5) is 24.8. The predicted octanol–water partition coefficient (Wildman–Crippen LogP) is -0.0981. The first kappa shape index (κ1) is 16.7. The van der Waals surface area contributed by atoms with E-state index in [4.69, 9.17) is 4.74 Å². The van der Waals surface area contributed by atoms with Crippen LogP contribution in [0.1, 0.15) is 6.92 Å². The number of carbonyl (C=O) groups is 1. The summed E-state index contributed by atoms with van der Waals surface area (Å²) in [5.74, 6) is 1.51. The van der Waals surface area contributed by atoms with Gasteiger partial charge in [-0.05, 0) is 14.0 Å². The lowest BCUT2D eigenvalue weighted by Crippen LogP contribution is -2.49. The number of piperazine rings is 2. The highest BCUT2D eigenvalue weighted by molar-refractivity contribution is 5.68. The van der Waals surface area contributed by atoms with Crippen molar-refractivity contribution in [1.29, 1.82) is 0 Å². The third-order valence-corrected chi connectivity index (χ3v) is 4.45. The second kappa shape index (κ2) is 7.61. The van der Waals surface area contributed by atoms with Crippen LogP contribution in [0.3, 0.4) is 0 Å². The molecule has 3 rings (SSSR count). The molecule has 9 nitrogen and oxygen atoms in total. The Labute approximate surface area is 142 Å². The number of hydrogen-bond donors (Lipinski definition) is 0. The summed E-state index contributed by atoms with van der Waals surface area (Å²) < 4.78 is 5.05. The largest absolute Gasteiger partial charge is 0.450 e. The molecule has 0 N–H and O–H groups in total. The van der Waals surface area contributed by atoms with Crippen molar-refractivity contribution in [3.63, 3.8) is 0 Å². The number of hydrogen-bond acceptors (Lipinski definition) is 8. The number of aromatic nitrogens is 3. The third kappa shape index (κ3) is 3.84. The lowest BCUT2D eigenvalue weighted by atomic mass is 10.3. The van der Waals surface area contributed by atoms with Crippen molar-refractivity contribution in [1.82, 2.24) is 25.0 Å². The van der Waals surface area contributed by atoms with Gasteiger partial charge < -0.3 is 24.3 Å². The molecule has 0 radical (unpaired) electrons. The summed E-state index contributed by atoms with van der Waals surface area (Å²) in [7, 11) is 2.12. The minimum atomic E-state index is -0.240. The Kier molecular flexibility index (Phi) is 5.29. The van der Waals surface area contributed by atoms with Crippen molar-refractivity contribution in [2.24, 2.45) is 0 Å². The summed E-state index contributed by atoms with van der Waals surface area (Å²) in [6.07, 6.45) is 1.45. The maximum Gasteiger partial charge on any atom is 0.409 e. The maximum absolute atomic E-state index is 11.8. The SMILES string of the molecule is CCOC(=O)N1CCN(c2cnnc(N3CCN(C)CC3)n2)CC1. The summed E-state index contributed by atoms with van der Waals surface area (Å²) in [5, 5.41) is 8.31. The minimum Gasteiger partial charge on any atom is -0.450 e. The third-order valence-electron chi connectivity index (χ3n) is 4.45. The standard InChI is InChI=1S/C15H25N7O2/c1-3-24-15(23)22-10-8-20(9-11-22)13-12-16-18-14(17-13)21-6-4-19(2)5-7-21/h12H,3-11H2,1-2H3. The average Bonchev–Trinajstić information content (AvgIpc) is 2.63. The van der Waals surface area contributed by atoms with Crippen LogP contribution < -0.4 is 9.80 Å². The Morgan fingerprint density at radius 1 is 1.08 bits per heavy atom. The van der Waals surface area contributed by atoms with Crippen molar-refractivity contribution in [2.75, 3.05) is 75.8 Å². The van der Waals surface area contributed by atoms with Crippen molar-refractivity contribution >= 4 is 17.9 Å². The molecule has 2 fully saturated rings. The normalized spacial score (nSPS) is 19.5. The average molecular weight is 335 g/mol. The van der Waals surface area contributed by atoms with Gasteiger partial charge in [0.25, 0.3) is 0 Å². The number of likely N-dealkylation sites (N-methyl/N-ethyl adjacent to an activating group) is 1. The van der Waals surface area contributed by atoms with Crippen LogP contribution in [0.25, 0.3) is 0 Å². The highest BCUT2D eigenvalue weighted by atomic mass is 16.6. The van der Waals surface area contributed by atoms with Gasteiger partial charge >= 0.3 is 6.09 Å². The first-order valence-corrected chi connectivity index (χ1v) is 8.47. The fourth-order valence-corrected chi connectivity index (χ4v) is 2.91. The zero-order valence-corrected chi connectivity index (χ0v) is 14.4. The molecular formula is C15H25N7O2. The van der Waals surface area contributed by atoms with Crippen LogP contribution in [0.15, 0.2) is 6.20 Å². The van der Waals surface area contributed by atoms with Crippen LogP contribution in [-0.2, 0) is 4.74 Å². The molecule has 0 aromatic carbocycles. The molecule has 0 spiro atoms. The Hall–Kier alpha value is -2.16. The lowest BCUT2D eigenvalue weighted by molar-refractivity contribution is 0.105. The zero-order valence-electron chi connectivity index (χ0n) is 14.4. The lowest BCUT2D eigenvalue weighted by Gasteiger charge is -2.35. The number of rotatable bonds is 3. The van der Waals surface area contributed by atoms with E-state index in [1.54, 1.807) is 11.1 Å². The van der Waals surface area contributed by atoms with Gasteiger partial charge in [0.2, 0.25) is 5.95 Å². The summed E-state index contributed by atoms with van der Waals surface area (Å²) in [6, 6.07) is 0. The molecule has 2 aliphatic rings. The molecule has 0 atom stereocenters. The molecule has 1 aromatic heterocycles. The number of carbonyl (C=O) groups excluding carboxylic acids is 1. The van der Waals surface area contributed by atoms with Gasteiger partial charge in [0.15, 0.2) is 5.82 Å². The number of nitrogens with zero attached hydrogens (tertiary/aromatic N) is 7. The van der Waals surface area contributed by atoms with Gasteiger partial charge in [-0.15, -0.1) is 5.10 Å². The fraction of sp³-hybridized carbons (Fsp3) is 0.733. The first-order valence-electron chi connectivity index (χ1n) is 8.47. The second-order valence-electron chi connectivity index (χ2n) is 6.08. The van der Waals surface area contributed by atoms with Crippen LogP contribution in [0.4, 0.5) is 16.6 Å². The Balaban J connectivity index is 1.60. The smallest absolute Gasteiger partial charge is 0.409 e. The first-order chi connectivity index (χ1) is 11.7. The molecular weight excluding hydrogens is 310 g/mol. The van der Waals surface area contributed by atoms with E-state index in [1.165, 1.54) is 0 Å². The monoisotopic (exact) mass is 335 g/mol. The minimum absolute atomic E-state index is 0.240. The molecule has 2 aliphatic heterocycles. The summed E-state index contributed by atoms with van der Waals surface area (Å²) >= 11 is 0. The Morgan fingerprint density at radius 2 is 1.75 bits per heavy atom. The molecule has 24 heavy (non-hydrogen) atoms. The van der Waals surface area contributed by atoms with E-state index in [9.17, 15) is 4.79 Å². The molecule has 1 amide bonds. The molecule has 2 saturated heterocycles. The molecule has 9 heteroatoms. The van der Waals surface area contributed by atoms with Crippen molar-refractivity contribution in [2.45, 2.75) is 6.92 Å². The second-order valence-corrected chi connectivity index (χ2v) is 6.08. The topological polar surface area (TPSA) is 77.9 Å². The predicted molar refractivity (Wildman–Crippen MR) is 90.3 cm³/mol. The highest BCUT2D eigenvalue weighted by Crippen LogP contribution is 2.17. The Morgan fingerprint density at radius 3 is 2.42 bits per heavy atom. The number of ether oxygens (including phenoxy) is 1. The fourth-order valence-electron chi connectivity index (χ4n) is 2.91. The van der Waals surface area contributed by atoms with Crippen molar-refractivity contribution < 1.29 is 9.53 Å². The van der Waals surface area contributed by atoms with Gasteiger partial charge in [-0.2, -0.15) is 10.1 Å². The quantitative estimate of drug-likeness (QED) is 0.758. The van der Waals surface area contributed by atoms with Gasteiger partial charge in [0.1, 0.15) is 0 Å². The molecule has 0 unspecified atom stereocenters. The molecule has 0 aliphatic carbocycles. The van der Waals surface area contributed by atoms with E-state index in [-0.39, 0.29) is 6.09 Å². The van der Waals surface area contributed by atoms with E-state index in [2.05, 4.69) is 36.9 Å².